The fourth-order valence-corrected chi connectivity index (χ4v) is 1.98. The molecule has 1 heterocycles. The molecule has 1 unspecified atom stereocenters. The molecule has 19 heavy (non-hydrogen) atoms. The molecule has 1 atom stereocenters. The van der Waals surface area contributed by atoms with E-state index in [0.717, 1.165) is 19.4 Å². The Hall–Kier alpha value is -1.81. The van der Waals surface area contributed by atoms with Crippen molar-refractivity contribution in [1.29, 1.82) is 0 Å². The molecule has 0 bridgehead atoms. The molecule has 0 aliphatic heterocycles. The van der Waals surface area contributed by atoms with E-state index < -0.39 is 0 Å². The molecule has 0 aliphatic carbocycles. The minimum absolute atomic E-state index is 0.325. The van der Waals surface area contributed by atoms with E-state index in [1.165, 1.54) is 11.3 Å². The van der Waals surface area contributed by atoms with Crippen LogP contribution in [0.1, 0.15) is 24.6 Å². The van der Waals surface area contributed by atoms with Crippen molar-refractivity contribution in [2.24, 2.45) is 7.05 Å². The number of rotatable bonds is 6. The summed E-state index contributed by atoms with van der Waals surface area (Å²) in [4.78, 5) is 4.10. The number of imidazole rings is 1. The molecule has 2 aromatic rings. The summed E-state index contributed by atoms with van der Waals surface area (Å²) < 4.78 is 2.03. The van der Waals surface area contributed by atoms with Crippen molar-refractivity contribution in [2.75, 3.05) is 0 Å². The average molecular weight is 259 g/mol. The van der Waals surface area contributed by atoms with Gasteiger partial charge in [0.1, 0.15) is 5.75 Å². The third kappa shape index (κ3) is 4.10. The van der Waals surface area contributed by atoms with Gasteiger partial charge in [0.2, 0.25) is 0 Å². The first-order chi connectivity index (χ1) is 9.15. The van der Waals surface area contributed by atoms with E-state index in [-0.39, 0.29) is 0 Å². The van der Waals surface area contributed by atoms with Gasteiger partial charge in [-0.3, -0.25) is 0 Å². The number of aryl methyl sites for hydroxylation is 2. The van der Waals surface area contributed by atoms with Crippen molar-refractivity contribution < 1.29 is 5.11 Å². The Bertz CT molecular complexity index is 504. The first-order valence-electron chi connectivity index (χ1n) is 6.61. The summed E-state index contributed by atoms with van der Waals surface area (Å²) in [5, 5.41) is 12.7. The van der Waals surface area contributed by atoms with Gasteiger partial charge in [-0.05, 0) is 37.5 Å². The lowest BCUT2D eigenvalue weighted by Crippen LogP contribution is -2.26. The average Bonchev–Trinajstić information content (AvgIpc) is 2.81. The van der Waals surface area contributed by atoms with Crippen LogP contribution in [0.4, 0.5) is 0 Å². The summed E-state index contributed by atoms with van der Waals surface area (Å²) in [6.07, 6.45) is 5.79. The molecule has 0 saturated heterocycles. The van der Waals surface area contributed by atoms with Gasteiger partial charge in [-0.15, -0.1) is 0 Å². The second-order valence-corrected chi connectivity index (χ2v) is 4.98. The highest BCUT2D eigenvalue weighted by molar-refractivity contribution is 5.25. The molecule has 4 heteroatoms. The quantitative estimate of drug-likeness (QED) is 0.836. The second kappa shape index (κ2) is 6.38. The van der Waals surface area contributed by atoms with Crippen molar-refractivity contribution in [2.45, 2.75) is 32.4 Å². The maximum atomic E-state index is 9.23. The number of hydrogen-bond donors (Lipinski definition) is 2. The van der Waals surface area contributed by atoms with E-state index in [1.54, 1.807) is 12.1 Å². The summed E-state index contributed by atoms with van der Waals surface area (Å²) >= 11 is 0. The number of phenolic OH excluding ortho intramolecular Hbond substituents is 1. The van der Waals surface area contributed by atoms with Gasteiger partial charge in [0.25, 0.3) is 0 Å². The summed E-state index contributed by atoms with van der Waals surface area (Å²) in [7, 11) is 2.01. The van der Waals surface area contributed by atoms with Crippen molar-refractivity contribution in [1.82, 2.24) is 14.9 Å². The normalized spacial score (nSPS) is 12.5. The van der Waals surface area contributed by atoms with E-state index in [9.17, 15) is 5.11 Å². The fraction of sp³-hybridized carbons (Fsp3) is 0.400. The molecule has 4 nitrogen and oxygen atoms in total. The lowest BCUT2D eigenvalue weighted by molar-refractivity contribution is 0.474. The SMILES string of the molecule is CC(CCc1ccc(O)cc1)NCc1cncn1C. The van der Waals surface area contributed by atoms with Crippen LogP contribution in [0.2, 0.25) is 0 Å². The molecule has 102 valence electrons. The molecular formula is C15H21N3O. The molecular weight excluding hydrogens is 238 g/mol. The number of aromatic nitrogens is 2. The maximum Gasteiger partial charge on any atom is 0.115 e. The van der Waals surface area contributed by atoms with Crippen LogP contribution < -0.4 is 5.32 Å². The molecule has 0 spiro atoms. The highest BCUT2D eigenvalue weighted by Crippen LogP contribution is 2.12. The zero-order chi connectivity index (χ0) is 13.7. The standard InChI is InChI=1S/C15H21N3O/c1-12(17-10-14-9-16-11-18(14)2)3-4-13-5-7-15(19)8-6-13/h5-9,11-12,17,19H,3-4,10H2,1-2H3. The lowest BCUT2D eigenvalue weighted by atomic mass is 10.1. The van der Waals surface area contributed by atoms with Gasteiger partial charge in [0, 0.05) is 25.8 Å². The monoisotopic (exact) mass is 259 g/mol. The van der Waals surface area contributed by atoms with Crippen LogP contribution >= 0.6 is 0 Å². The van der Waals surface area contributed by atoms with Gasteiger partial charge >= 0.3 is 0 Å². The molecule has 1 aromatic heterocycles. The Morgan fingerprint density at radius 2 is 2.05 bits per heavy atom. The molecule has 1 aromatic carbocycles. The van der Waals surface area contributed by atoms with Gasteiger partial charge in [0.05, 0.1) is 12.0 Å². The van der Waals surface area contributed by atoms with E-state index in [2.05, 4.69) is 17.2 Å². The molecule has 0 saturated carbocycles. The highest BCUT2D eigenvalue weighted by Gasteiger charge is 2.04. The Kier molecular flexibility index (Phi) is 4.58. The largest absolute Gasteiger partial charge is 0.508 e. The molecule has 0 aliphatic rings. The lowest BCUT2D eigenvalue weighted by Gasteiger charge is -2.14. The van der Waals surface area contributed by atoms with E-state index in [0.29, 0.717) is 11.8 Å². The topological polar surface area (TPSA) is 50.1 Å². The Morgan fingerprint density at radius 3 is 2.68 bits per heavy atom. The van der Waals surface area contributed by atoms with Gasteiger partial charge in [-0.2, -0.15) is 0 Å². The zero-order valence-electron chi connectivity index (χ0n) is 11.5. The minimum atomic E-state index is 0.325. The predicted octanol–water partition coefficient (Wildman–Crippen LogP) is 2.24. The van der Waals surface area contributed by atoms with E-state index in [1.807, 2.05) is 36.3 Å². The summed E-state index contributed by atoms with van der Waals surface area (Å²) in [5.74, 6) is 0.325. The van der Waals surface area contributed by atoms with E-state index >= 15 is 0 Å². The predicted molar refractivity (Wildman–Crippen MR) is 75.9 cm³/mol. The molecule has 0 fully saturated rings. The molecule has 2 rings (SSSR count). The van der Waals surface area contributed by atoms with Crippen molar-refractivity contribution in [3.8, 4) is 5.75 Å². The Labute approximate surface area is 114 Å². The zero-order valence-corrected chi connectivity index (χ0v) is 11.5. The Balaban J connectivity index is 1.74. The highest BCUT2D eigenvalue weighted by atomic mass is 16.3. The van der Waals surface area contributed by atoms with Gasteiger partial charge in [-0.25, -0.2) is 4.98 Å². The first kappa shape index (κ1) is 13.6. The molecule has 2 N–H and O–H groups in total. The van der Waals surface area contributed by atoms with Crippen LogP contribution in [-0.2, 0) is 20.0 Å². The Morgan fingerprint density at radius 1 is 1.32 bits per heavy atom. The van der Waals surface area contributed by atoms with Crippen molar-refractivity contribution in [3.05, 3.63) is 48.0 Å². The number of phenols is 1. The third-order valence-corrected chi connectivity index (χ3v) is 3.35. The number of nitrogens with one attached hydrogen (secondary N) is 1. The molecule has 0 amide bonds. The second-order valence-electron chi connectivity index (χ2n) is 4.98. The van der Waals surface area contributed by atoms with Crippen LogP contribution in [0, 0.1) is 0 Å². The van der Waals surface area contributed by atoms with Crippen LogP contribution in [0.15, 0.2) is 36.8 Å². The third-order valence-electron chi connectivity index (χ3n) is 3.35. The maximum absolute atomic E-state index is 9.23. The van der Waals surface area contributed by atoms with Crippen LogP contribution in [0.25, 0.3) is 0 Å². The smallest absolute Gasteiger partial charge is 0.115 e. The summed E-state index contributed by atoms with van der Waals surface area (Å²) in [6, 6.07) is 7.88. The van der Waals surface area contributed by atoms with Gasteiger partial charge < -0.3 is 15.0 Å². The van der Waals surface area contributed by atoms with Crippen molar-refractivity contribution >= 4 is 0 Å². The number of hydrogen-bond acceptors (Lipinski definition) is 3. The van der Waals surface area contributed by atoms with Crippen LogP contribution in [0.3, 0.4) is 0 Å². The molecule has 0 radical (unpaired) electrons. The first-order valence-corrected chi connectivity index (χ1v) is 6.61. The van der Waals surface area contributed by atoms with Crippen molar-refractivity contribution in [3.63, 3.8) is 0 Å². The van der Waals surface area contributed by atoms with Gasteiger partial charge in [0.15, 0.2) is 0 Å². The summed E-state index contributed by atoms with van der Waals surface area (Å²) in [5.41, 5.74) is 2.45. The van der Waals surface area contributed by atoms with Gasteiger partial charge in [-0.1, -0.05) is 12.1 Å². The number of aromatic hydroxyl groups is 1. The van der Waals surface area contributed by atoms with Crippen LogP contribution in [0.5, 0.6) is 5.75 Å². The minimum Gasteiger partial charge on any atom is -0.508 e. The fourth-order valence-electron chi connectivity index (χ4n) is 1.98. The van der Waals surface area contributed by atoms with E-state index in [4.69, 9.17) is 0 Å². The van der Waals surface area contributed by atoms with Crippen LogP contribution in [-0.4, -0.2) is 20.7 Å². The number of benzene rings is 1. The summed E-state index contributed by atoms with van der Waals surface area (Å²) in [6.45, 7) is 3.03. The number of nitrogens with zero attached hydrogens (tertiary/aromatic N) is 2.